The van der Waals surface area contributed by atoms with Crippen molar-refractivity contribution in [2.24, 2.45) is 0 Å². The molecule has 1 aromatic heterocycles. The molecule has 1 aliphatic rings. The van der Waals surface area contributed by atoms with Crippen LogP contribution in [0.4, 0.5) is 0 Å². The summed E-state index contributed by atoms with van der Waals surface area (Å²) in [6.07, 6.45) is 0.364. The largest absolute Gasteiger partial charge is 0.616 e. The van der Waals surface area contributed by atoms with Crippen LogP contribution in [0, 0.1) is 0 Å². The minimum atomic E-state index is -0.663. The standard InChI is InChI=1S/C18H20Cl2N2O2S2/c19-14-9-13(10-15(20)11-14)17-2-1-16(25-17)12-18(23)21-3-4-22-5-7-26(24)8-6-22/h1-2,9-11H,3-8,12H2,(H,21,23). The number of rotatable bonds is 6. The van der Waals surface area contributed by atoms with Gasteiger partial charge in [0.25, 0.3) is 0 Å². The Balaban J connectivity index is 1.47. The molecule has 0 aliphatic carbocycles. The molecule has 1 aromatic carbocycles. The van der Waals surface area contributed by atoms with Gasteiger partial charge in [0.05, 0.1) is 6.42 Å². The van der Waals surface area contributed by atoms with E-state index in [1.165, 1.54) is 0 Å². The van der Waals surface area contributed by atoms with Crippen LogP contribution in [0.25, 0.3) is 10.4 Å². The maximum atomic E-state index is 12.1. The van der Waals surface area contributed by atoms with Gasteiger partial charge in [-0.2, -0.15) is 0 Å². The third-order valence-electron chi connectivity index (χ3n) is 4.16. The topological polar surface area (TPSA) is 55.4 Å². The van der Waals surface area contributed by atoms with E-state index in [9.17, 15) is 9.35 Å². The fourth-order valence-corrected chi connectivity index (χ4v) is 5.45. The molecule has 1 amide bonds. The van der Waals surface area contributed by atoms with E-state index in [0.29, 0.717) is 23.0 Å². The summed E-state index contributed by atoms with van der Waals surface area (Å²) in [4.78, 5) is 16.4. The van der Waals surface area contributed by atoms with Crippen LogP contribution in [0.3, 0.4) is 0 Å². The van der Waals surface area contributed by atoms with Crippen LogP contribution in [0.1, 0.15) is 4.88 Å². The van der Waals surface area contributed by atoms with Crippen LogP contribution < -0.4 is 5.32 Å². The molecule has 0 spiro atoms. The van der Waals surface area contributed by atoms with Crippen molar-refractivity contribution in [3.63, 3.8) is 0 Å². The highest BCUT2D eigenvalue weighted by molar-refractivity contribution is 7.91. The fraction of sp³-hybridized carbons (Fsp3) is 0.389. The van der Waals surface area contributed by atoms with Crippen LogP contribution in [0.15, 0.2) is 30.3 Å². The van der Waals surface area contributed by atoms with Crippen molar-refractivity contribution in [1.29, 1.82) is 0 Å². The third kappa shape index (κ3) is 5.87. The first-order valence-electron chi connectivity index (χ1n) is 8.39. The van der Waals surface area contributed by atoms with E-state index >= 15 is 0 Å². The van der Waals surface area contributed by atoms with Gasteiger partial charge in [-0.1, -0.05) is 34.4 Å². The smallest absolute Gasteiger partial charge is 0.225 e. The average Bonchev–Trinajstić information content (AvgIpc) is 3.04. The van der Waals surface area contributed by atoms with Gasteiger partial charge in [-0.05, 0) is 35.9 Å². The van der Waals surface area contributed by atoms with Crippen molar-refractivity contribution in [2.45, 2.75) is 6.42 Å². The van der Waals surface area contributed by atoms with Crippen molar-refractivity contribution in [3.8, 4) is 10.4 Å². The molecule has 2 heterocycles. The summed E-state index contributed by atoms with van der Waals surface area (Å²) in [5.74, 6) is 1.49. The summed E-state index contributed by atoms with van der Waals surface area (Å²) < 4.78 is 11.3. The van der Waals surface area contributed by atoms with E-state index in [-0.39, 0.29) is 5.91 Å². The minimum Gasteiger partial charge on any atom is -0.616 e. The summed E-state index contributed by atoms with van der Waals surface area (Å²) in [5, 5.41) is 4.16. The second-order valence-corrected chi connectivity index (χ2v) is 9.88. The van der Waals surface area contributed by atoms with Crippen LogP contribution in [-0.2, 0) is 22.4 Å². The normalized spacial score (nSPS) is 16.0. The number of hydrogen-bond acceptors (Lipinski definition) is 4. The molecule has 140 valence electrons. The van der Waals surface area contributed by atoms with Crippen LogP contribution in [0.5, 0.6) is 0 Å². The van der Waals surface area contributed by atoms with Gasteiger partial charge in [0.15, 0.2) is 0 Å². The van der Waals surface area contributed by atoms with Crippen LogP contribution in [0.2, 0.25) is 10.0 Å². The SMILES string of the molecule is O=C(Cc1ccc(-c2cc(Cl)cc(Cl)c2)s1)NCCN1CC[S+]([O-])CC1. The average molecular weight is 431 g/mol. The third-order valence-corrected chi connectivity index (χ3v) is 7.01. The van der Waals surface area contributed by atoms with Gasteiger partial charge in [-0.15, -0.1) is 11.3 Å². The van der Waals surface area contributed by atoms with Crippen LogP contribution in [-0.4, -0.2) is 53.0 Å². The Morgan fingerprint density at radius 3 is 2.58 bits per heavy atom. The van der Waals surface area contributed by atoms with Gasteiger partial charge in [-0.25, -0.2) is 0 Å². The molecule has 4 nitrogen and oxygen atoms in total. The molecule has 0 unspecified atom stereocenters. The summed E-state index contributed by atoms with van der Waals surface area (Å²) >= 11 is 13.0. The van der Waals surface area contributed by atoms with E-state index < -0.39 is 11.2 Å². The Bertz CT molecular complexity index is 741. The van der Waals surface area contributed by atoms with Crippen molar-refractivity contribution in [3.05, 3.63) is 45.3 Å². The predicted molar refractivity (Wildman–Crippen MR) is 111 cm³/mol. The zero-order chi connectivity index (χ0) is 18.5. The number of halogens is 2. The van der Waals surface area contributed by atoms with Crippen molar-refractivity contribution >= 4 is 51.6 Å². The zero-order valence-corrected chi connectivity index (χ0v) is 17.3. The van der Waals surface area contributed by atoms with Crippen molar-refractivity contribution < 1.29 is 9.35 Å². The molecule has 26 heavy (non-hydrogen) atoms. The lowest BCUT2D eigenvalue weighted by molar-refractivity contribution is -0.120. The highest BCUT2D eigenvalue weighted by Gasteiger charge is 2.18. The molecular weight excluding hydrogens is 411 g/mol. The number of nitrogens with zero attached hydrogens (tertiary/aromatic N) is 1. The molecule has 3 rings (SSSR count). The van der Waals surface area contributed by atoms with Gasteiger partial charge < -0.3 is 9.87 Å². The summed E-state index contributed by atoms with van der Waals surface area (Å²) in [7, 11) is 0. The first-order valence-corrected chi connectivity index (χ1v) is 11.4. The Hall–Kier alpha value is -0.760. The maximum Gasteiger partial charge on any atom is 0.225 e. The van der Waals surface area contributed by atoms with E-state index in [1.54, 1.807) is 17.4 Å². The monoisotopic (exact) mass is 430 g/mol. The fourth-order valence-electron chi connectivity index (χ4n) is 2.80. The van der Waals surface area contributed by atoms with E-state index in [1.807, 2.05) is 24.3 Å². The highest BCUT2D eigenvalue weighted by Crippen LogP contribution is 2.32. The number of carbonyl (C=O) groups is 1. The highest BCUT2D eigenvalue weighted by atomic mass is 35.5. The van der Waals surface area contributed by atoms with Crippen molar-refractivity contribution in [1.82, 2.24) is 10.2 Å². The Kier molecular flexibility index (Phi) is 7.26. The Labute approximate surface area is 170 Å². The number of carbonyl (C=O) groups excluding carboxylic acids is 1. The number of amides is 1. The van der Waals surface area contributed by atoms with Crippen LogP contribution >= 0.6 is 34.5 Å². The van der Waals surface area contributed by atoms with Gasteiger partial charge in [0.1, 0.15) is 11.5 Å². The van der Waals surface area contributed by atoms with E-state index in [4.69, 9.17) is 23.2 Å². The van der Waals surface area contributed by atoms with E-state index in [2.05, 4.69) is 10.2 Å². The molecule has 0 radical (unpaired) electrons. The number of nitrogens with one attached hydrogen (secondary N) is 1. The first kappa shape index (κ1) is 20.0. The minimum absolute atomic E-state index is 0.0168. The lowest BCUT2D eigenvalue weighted by Gasteiger charge is -2.27. The van der Waals surface area contributed by atoms with Gasteiger partial charge in [0, 0.05) is 46.0 Å². The molecule has 0 atom stereocenters. The molecule has 1 N–H and O–H groups in total. The molecule has 1 saturated heterocycles. The Morgan fingerprint density at radius 1 is 1.19 bits per heavy atom. The van der Waals surface area contributed by atoms with Crippen molar-refractivity contribution in [2.75, 3.05) is 37.7 Å². The zero-order valence-electron chi connectivity index (χ0n) is 14.2. The number of thiophene rings is 1. The number of benzene rings is 1. The van der Waals surface area contributed by atoms with Gasteiger partial charge in [-0.3, -0.25) is 9.69 Å². The molecule has 1 aliphatic heterocycles. The van der Waals surface area contributed by atoms with Gasteiger partial charge in [0.2, 0.25) is 5.91 Å². The molecule has 0 saturated carbocycles. The Morgan fingerprint density at radius 2 is 1.88 bits per heavy atom. The second kappa shape index (κ2) is 9.44. The molecule has 0 bridgehead atoms. The predicted octanol–water partition coefficient (Wildman–Crippen LogP) is 3.44. The lowest BCUT2D eigenvalue weighted by atomic mass is 10.2. The second-order valence-electron chi connectivity index (χ2n) is 6.14. The lowest BCUT2D eigenvalue weighted by Crippen LogP contribution is -2.44. The molecule has 1 fully saturated rings. The quantitative estimate of drug-likeness (QED) is 0.713. The maximum absolute atomic E-state index is 12.1. The summed E-state index contributed by atoms with van der Waals surface area (Å²) in [6, 6.07) is 9.40. The molecular formula is C18H20Cl2N2O2S2. The van der Waals surface area contributed by atoms with E-state index in [0.717, 1.165) is 46.5 Å². The molecule has 2 aromatic rings. The molecule has 8 heteroatoms. The van der Waals surface area contributed by atoms with Gasteiger partial charge >= 0.3 is 0 Å². The number of hydrogen-bond donors (Lipinski definition) is 1. The summed E-state index contributed by atoms with van der Waals surface area (Å²) in [5.41, 5.74) is 0.960. The summed E-state index contributed by atoms with van der Waals surface area (Å²) in [6.45, 7) is 3.12. The first-order chi connectivity index (χ1) is 12.5.